The highest BCUT2D eigenvalue weighted by Crippen LogP contribution is 2.51. The van der Waals surface area contributed by atoms with Crippen molar-refractivity contribution < 1.29 is 0 Å². The van der Waals surface area contributed by atoms with E-state index < -0.39 is 0 Å². The Bertz CT molecular complexity index is 155. The first kappa shape index (κ1) is 6.66. The zero-order valence-electron chi connectivity index (χ0n) is 7.20. The highest BCUT2D eigenvalue weighted by Gasteiger charge is 2.58. The van der Waals surface area contributed by atoms with E-state index in [0.717, 1.165) is 6.04 Å². The van der Waals surface area contributed by atoms with Crippen LogP contribution in [0.3, 0.4) is 0 Å². The van der Waals surface area contributed by atoms with Crippen molar-refractivity contribution in [3.05, 3.63) is 0 Å². The number of nitrogens with one attached hydrogen (secondary N) is 1. The molecule has 3 aliphatic rings. The van der Waals surface area contributed by atoms with Gasteiger partial charge < -0.3 is 5.32 Å². The largest absolute Gasteiger partial charge is 0.308 e. The number of hydrogen-bond acceptors (Lipinski definition) is 1. The molecule has 2 saturated heterocycles. The summed E-state index contributed by atoms with van der Waals surface area (Å²) in [5, 5.41) is 3.65. The van der Waals surface area contributed by atoms with E-state index in [1.165, 1.54) is 19.3 Å². The smallest absolute Gasteiger partial charge is 0.0221 e. The Balaban J connectivity index is 2.24. The van der Waals surface area contributed by atoms with Crippen LogP contribution in [0, 0.1) is 5.41 Å². The van der Waals surface area contributed by atoms with Crippen LogP contribution in [-0.2, 0) is 0 Å². The van der Waals surface area contributed by atoms with Gasteiger partial charge in [0, 0.05) is 11.6 Å². The summed E-state index contributed by atoms with van der Waals surface area (Å²) in [5.74, 6) is 0. The van der Waals surface area contributed by atoms with Crippen molar-refractivity contribution in [1.29, 1.82) is 0 Å². The Kier molecular flexibility index (Phi) is 1.05. The third-order valence-corrected chi connectivity index (χ3v) is 3.96. The van der Waals surface area contributed by atoms with Gasteiger partial charge in [0.05, 0.1) is 0 Å². The summed E-state index contributed by atoms with van der Waals surface area (Å²) in [6.07, 6.45) is 4.19. The highest BCUT2D eigenvalue weighted by atomic mass is 15.1. The molecule has 0 aromatic carbocycles. The Morgan fingerprint density at radius 2 is 2.00 bits per heavy atom. The monoisotopic (exact) mass is 139 g/mol. The molecule has 2 aliphatic heterocycles. The second-order valence-corrected chi connectivity index (χ2v) is 4.64. The van der Waals surface area contributed by atoms with Gasteiger partial charge in [-0.15, -0.1) is 0 Å². The lowest BCUT2D eigenvalue weighted by Crippen LogP contribution is -2.77. The molecule has 58 valence electrons. The molecule has 1 N–H and O–H groups in total. The van der Waals surface area contributed by atoms with Gasteiger partial charge in [0.1, 0.15) is 0 Å². The molecule has 0 aromatic heterocycles. The lowest BCUT2D eigenvalue weighted by Gasteiger charge is -2.65. The predicted octanol–water partition coefficient (Wildman–Crippen LogP) is 1.93. The van der Waals surface area contributed by atoms with Crippen molar-refractivity contribution in [1.82, 2.24) is 5.32 Å². The second kappa shape index (κ2) is 1.58. The molecule has 2 bridgehead atoms. The average molecular weight is 139 g/mol. The normalized spacial score (nSPS) is 50.1. The quantitative estimate of drug-likeness (QED) is 0.540. The minimum Gasteiger partial charge on any atom is -0.308 e. The molecule has 1 nitrogen and oxygen atoms in total. The van der Waals surface area contributed by atoms with Gasteiger partial charge >= 0.3 is 0 Å². The van der Waals surface area contributed by atoms with Crippen LogP contribution in [0.2, 0.25) is 0 Å². The van der Waals surface area contributed by atoms with Crippen molar-refractivity contribution in [3.63, 3.8) is 0 Å². The molecule has 1 heteroatoms. The molecular formula is C9H17N. The molecule has 2 atom stereocenters. The number of piperidine rings is 1. The van der Waals surface area contributed by atoms with Gasteiger partial charge in [-0.25, -0.2) is 0 Å². The summed E-state index contributed by atoms with van der Waals surface area (Å²) in [6.45, 7) is 7.16. The first-order chi connectivity index (χ1) is 4.56. The van der Waals surface area contributed by atoms with E-state index in [1.54, 1.807) is 0 Å². The Morgan fingerprint density at radius 3 is 2.30 bits per heavy atom. The fourth-order valence-corrected chi connectivity index (χ4v) is 2.54. The van der Waals surface area contributed by atoms with Crippen molar-refractivity contribution in [2.75, 3.05) is 0 Å². The van der Waals surface area contributed by atoms with Gasteiger partial charge in [0.15, 0.2) is 0 Å². The molecule has 0 radical (unpaired) electrons. The highest BCUT2D eigenvalue weighted by molar-refractivity contribution is 5.16. The maximum Gasteiger partial charge on any atom is 0.0221 e. The minimum atomic E-state index is 0.468. The van der Waals surface area contributed by atoms with Gasteiger partial charge in [0.25, 0.3) is 0 Å². The van der Waals surface area contributed by atoms with Gasteiger partial charge in [-0.2, -0.15) is 0 Å². The molecule has 0 spiro atoms. The maximum atomic E-state index is 3.65. The van der Waals surface area contributed by atoms with Crippen molar-refractivity contribution in [2.45, 2.75) is 51.6 Å². The fraction of sp³-hybridized carbons (Fsp3) is 1.00. The van der Waals surface area contributed by atoms with Gasteiger partial charge in [0.2, 0.25) is 0 Å². The van der Waals surface area contributed by atoms with Gasteiger partial charge in [-0.05, 0) is 25.2 Å². The first-order valence-corrected chi connectivity index (χ1v) is 4.34. The van der Waals surface area contributed by atoms with E-state index in [2.05, 4.69) is 26.1 Å². The van der Waals surface area contributed by atoms with Crippen LogP contribution in [0.4, 0.5) is 0 Å². The summed E-state index contributed by atoms with van der Waals surface area (Å²) < 4.78 is 0. The zero-order chi connectivity index (χ0) is 7.41. The van der Waals surface area contributed by atoms with E-state index in [1.807, 2.05) is 0 Å². The third kappa shape index (κ3) is 0.531. The van der Waals surface area contributed by atoms with Crippen LogP contribution < -0.4 is 5.32 Å². The molecule has 3 fully saturated rings. The SMILES string of the molecule is CC12CCCC(N1)C2(C)C. The molecule has 1 saturated carbocycles. The lowest BCUT2D eigenvalue weighted by atomic mass is 9.54. The van der Waals surface area contributed by atoms with Crippen molar-refractivity contribution in [3.8, 4) is 0 Å². The molecular weight excluding hydrogens is 122 g/mol. The van der Waals surface area contributed by atoms with Crippen LogP contribution in [0.5, 0.6) is 0 Å². The maximum absolute atomic E-state index is 3.65. The zero-order valence-corrected chi connectivity index (χ0v) is 7.20. The third-order valence-electron chi connectivity index (χ3n) is 3.96. The summed E-state index contributed by atoms with van der Waals surface area (Å²) >= 11 is 0. The average Bonchev–Trinajstić information content (AvgIpc) is 1.88. The van der Waals surface area contributed by atoms with E-state index >= 15 is 0 Å². The van der Waals surface area contributed by atoms with Crippen molar-refractivity contribution >= 4 is 0 Å². The van der Waals surface area contributed by atoms with Gasteiger partial charge in [-0.1, -0.05) is 20.3 Å². The Labute approximate surface area is 63.2 Å². The topological polar surface area (TPSA) is 12.0 Å². The molecule has 0 aromatic rings. The summed E-state index contributed by atoms with van der Waals surface area (Å²) in [4.78, 5) is 0. The molecule has 2 unspecified atom stereocenters. The molecule has 1 aliphatic carbocycles. The molecule has 0 amide bonds. The standard InChI is InChI=1S/C9H17N/c1-8(2)7-5-4-6-9(8,3)10-7/h7,10H,4-6H2,1-3H3. The van der Waals surface area contributed by atoms with E-state index in [0.29, 0.717) is 11.0 Å². The van der Waals surface area contributed by atoms with Crippen LogP contribution >= 0.6 is 0 Å². The van der Waals surface area contributed by atoms with Crippen LogP contribution in [0.25, 0.3) is 0 Å². The van der Waals surface area contributed by atoms with Crippen LogP contribution in [-0.4, -0.2) is 11.6 Å². The second-order valence-electron chi connectivity index (χ2n) is 4.64. The summed E-state index contributed by atoms with van der Waals surface area (Å²) in [6, 6.07) is 0.811. The predicted molar refractivity (Wildman–Crippen MR) is 43.0 cm³/mol. The first-order valence-electron chi connectivity index (χ1n) is 4.34. The number of hydrogen-bond donors (Lipinski definition) is 1. The number of rotatable bonds is 0. The van der Waals surface area contributed by atoms with Crippen molar-refractivity contribution in [2.24, 2.45) is 5.41 Å². The van der Waals surface area contributed by atoms with Crippen LogP contribution in [0.15, 0.2) is 0 Å². The number of fused-ring (bicyclic) bond motifs is 2. The molecule has 10 heavy (non-hydrogen) atoms. The van der Waals surface area contributed by atoms with Crippen LogP contribution in [0.1, 0.15) is 40.0 Å². The molecule has 3 rings (SSSR count). The van der Waals surface area contributed by atoms with E-state index in [4.69, 9.17) is 0 Å². The lowest BCUT2D eigenvalue weighted by molar-refractivity contribution is -0.0748. The van der Waals surface area contributed by atoms with E-state index in [9.17, 15) is 0 Å². The molecule has 2 heterocycles. The minimum absolute atomic E-state index is 0.468. The fourth-order valence-electron chi connectivity index (χ4n) is 2.54. The Morgan fingerprint density at radius 1 is 1.30 bits per heavy atom. The summed E-state index contributed by atoms with van der Waals surface area (Å²) in [5.41, 5.74) is 1.03. The van der Waals surface area contributed by atoms with Gasteiger partial charge in [-0.3, -0.25) is 0 Å². The Hall–Kier alpha value is -0.0400. The summed E-state index contributed by atoms with van der Waals surface area (Å²) in [7, 11) is 0. The van der Waals surface area contributed by atoms with E-state index in [-0.39, 0.29) is 0 Å².